The molecule has 1 aliphatic rings. The minimum Gasteiger partial charge on any atom is -0.508 e. The molecule has 0 spiro atoms. The van der Waals surface area contributed by atoms with Gasteiger partial charge in [0.05, 0.1) is 0 Å². The van der Waals surface area contributed by atoms with Gasteiger partial charge < -0.3 is 40.1 Å². The standard InChI is InChI=1S/C20H20O9/c21-12-7-11(8-13(22)9-12)2-1-10-3-5-14(6-4-10)28-20-17(25)15(23)16(24)18(29-20)19(26)27/h1-9,15-18,20-25H,(H,26,27)/b2-1+/t15-,16-,17-,18+,20+/m1/s1. The van der Waals surface area contributed by atoms with E-state index in [1.807, 2.05) is 0 Å². The molecule has 1 fully saturated rings. The third-order valence-corrected chi connectivity index (χ3v) is 4.34. The Hall–Kier alpha value is -3.11. The molecule has 6 N–H and O–H groups in total. The van der Waals surface area contributed by atoms with Crippen LogP contribution in [-0.4, -0.2) is 67.3 Å². The maximum absolute atomic E-state index is 11.1. The number of aromatic hydroxyl groups is 2. The summed E-state index contributed by atoms with van der Waals surface area (Å²) in [5.74, 6) is -1.37. The summed E-state index contributed by atoms with van der Waals surface area (Å²) in [6.45, 7) is 0. The molecular weight excluding hydrogens is 384 g/mol. The Bertz CT molecular complexity index is 873. The summed E-state index contributed by atoms with van der Waals surface area (Å²) < 4.78 is 10.5. The third kappa shape index (κ3) is 4.84. The van der Waals surface area contributed by atoms with Gasteiger partial charge in [0, 0.05) is 6.07 Å². The second-order valence-electron chi connectivity index (χ2n) is 6.54. The van der Waals surface area contributed by atoms with E-state index in [-0.39, 0.29) is 17.2 Å². The van der Waals surface area contributed by atoms with E-state index < -0.39 is 36.7 Å². The van der Waals surface area contributed by atoms with Crippen molar-refractivity contribution in [1.82, 2.24) is 0 Å². The first-order chi connectivity index (χ1) is 13.7. The molecule has 1 aliphatic heterocycles. The molecule has 5 atom stereocenters. The Kier molecular flexibility index (Phi) is 6.04. The van der Waals surface area contributed by atoms with Crippen molar-refractivity contribution in [2.24, 2.45) is 0 Å². The Balaban J connectivity index is 1.68. The molecule has 1 heterocycles. The van der Waals surface area contributed by atoms with Crippen LogP contribution >= 0.6 is 0 Å². The SMILES string of the molecule is O=C(O)[C@H]1O[C@H](Oc2ccc(/C=C/c3cc(O)cc(O)c3)cc2)[C@H](O)[C@H](O)[C@H]1O. The number of hydrogen-bond acceptors (Lipinski definition) is 8. The minimum atomic E-state index is -1.79. The molecule has 29 heavy (non-hydrogen) atoms. The van der Waals surface area contributed by atoms with Gasteiger partial charge in [-0.25, -0.2) is 4.79 Å². The van der Waals surface area contributed by atoms with E-state index in [2.05, 4.69) is 0 Å². The highest BCUT2D eigenvalue weighted by molar-refractivity contribution is 5.73. The first-order valence-electron chi connectivity index (χ1n) is 8.65. The van der Waals surface area contributed by atoms with Crippen LogP contribution in [0.5, 0.6) is 17.2 Å². The molecule has 2 aromatic rings. The van der Waals surface area contributed by atoms with Crippen LogP contribution < -0.4 is 4.74 Å². The fourth-order valence-corrected chi connectivity index (χ4v) is 2.85. The van der Waals surface area contributed by atoms with Crippen molar-refractivity contribution in [1.29, 1.82) is 0 Å². The number of rotatable bonds is 5. The van der Waals surface area contributed by atoms with E-state index in [9.17, 15) is 30.3 Å². The molecule has 0 radical (unpaired) electrons. The summed E-state index contributed by atoms with van der Waals surface area (Å²) in [5, 5.41) is 57.5. The number of benzene rings is 2. The van der Waals surface area contributed by atoms with E-state index in [4.69, 9.17) is 14.6 Å². The number of phenols is 2. The highest BCUT2D eigenvalue weighted by atomic mass is 16.7. The number of phenolic OH excluding ortho intramolecular Hbond substituents is 2. The minimum absolute atomic E-state index is 0.0635. The largest absolute Gasteiger partial charge is 0.508 e. The number of carbonyl (C=O) groups is 1. The van der Waals surface area contributed by atoms with Crippen molar-refractivity contribution in [2.45, 2.75) is 30.7 Å². The molecule has 9 heteroatoms. The van der Waals surface area contributed by atoms with E-state index >= 15 is 0 Å². The van der Waals surface area contributed by atoms with E-state index in [0.29, 0.717) is 5.56 Å². The lowest BCUT2D eigenvalue weighted by Gasteiger charge is -2.38. The van der Waals surface area contributed by atoms with Gasteiger partial charge in [-0.2, -0.15) is 0 Å². The van der Waals surface area contributed by atoms with Crippen LogP contribution in [0, 0.1) is 0 Å². The summed E-state index contributed by atoms with van der Waals surface area (Å²) in [5.41, 5.74) is 1.35. The second kappa shape index (κ2) is 8.50. The molecule has 154 valence electrons. The lowest BCUT2D eigenvalue weighted by molar-refractivity contribution is -0.271. The average Bonchev–Trinajstić information content (AvgIpc) is 2.67. The predicted molar refractivity (Wildman–Crippen MR) is 100 cm³/mol. The zero-order valence-electron chi connectivity index (χ0n) is 15.0. The summed E-state index contributed by atoms with van der Waals surface area (Å²) in [6, 6.07) is 10.6. The van der Waals surface area contributed by atoms with Crippen molar-refractivity contribution < 1.29 is 44.9 Å². The number of aliphatic hydroxyl groups is 3. The maximum Gasteiger partial charge on any atom is 0.335 e. The molecule has 0 unspecified atom stereocenters. The van der Waals surface area contributed by atoms with Gasteiger partial charge in [-0.15, -0.1) is 0 Å². The first kappa shape index (κ1) is 20.6. The van der Waals surface area contributed by atoms with Crippen LogP contribution in [0.2, 0.25) is 0 Å². The van der Waals surface area contributed by atoms with E-state index in [1.165, 1.54) is 18.2 Å². The highest BCUT2D eigenvalue weighted by Gasteiger charge is 2.48. The molecule has 0 aromatic heterocycles. The molecule has 0 amide bonds. The maximum atomic E-state index is 11.1. The number of carboxylic acid groups (broad SMARTS) is 1. The van der Waals surface area contributed by atoms with Crippen molar-refractivity contribution in [3.8, 4) is 17.2 Å². The van der Waals surface area contributed by atoms with Crippen molar-refractivity contribution in [2.75, 3.05) is 0 Å². The fourth-order valence-electron chi connectivity index (χ4n) is 2.85. The van der Waals surface area contributed by atoms with Crippen molar-refractivity contribution in [3.05, 3.63) is 53.6 Å². The molecule has 0 bridgehead atoms. The Labute approximate surface area is 165 Å². The van der Waals surface area contributed by atoms with Crippen LogP contribution in [0.3, 0.4) is 0 Å². The van der Waals surface area contributed by atoms with Gasteiger partial charge in [0.15, 0.2) is 6.10 Å². The van der Waals surface area contributed by atoms with E-state index in [1.54, 1.807) is 36.4 Å². The predicted octanol–water partition coefficient (Wildman–Crippen LogP) is 0.539. The van der Waals surface area contributed by atoms with Gasteiger partial charge >= 0.3 is 5.97 Å². The Morgan fingerprint density at radius 3 is 2.03 bits per heavy atom. The van der Waals surface area contributed by atoms with Crippen LogP contribution in [-0.2, 0) is 9.53 Å². The summed E-state index contributed by atoms with van der Waals surface area (Å²) >= 11 is 0. The Morgan fingerprint density at radius 1 is 0.862 bits per heavy atom. The highest BCUT2D eigenvalue weighted by Crippen LogP contribution is 2.26. The normalized spacial score (nSPS) is 27.1. The van der Waals surface area contributed by atoms with Gasteiger partial charge in [-0.3, -0.25) is 0 Å². The molecule has 0 aliphatic carbocycles. The van der Waals surface area contributed by atoms with E-state index in [0.717, 1.165) is 5.56 Å². The topological polar surface area (TPSA) is 157 Å². The summed E-state index contributed by atoms with van der Waals surface area (Å²) in [6.07, 6.45) is -4.98. The van der Waals surface area contributed by atoms with Gasteiger partial charge in [0.1, 0.15) is 35.6 Å². The molecule has 3 rings (SSSR count). The van der Waals surface area contributed by atoms with Crippen LogP contribution in [0.15, 0.2) is 42.5 Å². The quantitative estimate of drug-likeness (QED) is 0.391. The smallest absolute Gasteiger partial charge is 0.335 e. The molecule has 2 aromatic carbocycles. The van der Waals surface area contributed by atoms with Gasteiger partial charge in [-0.05, 0) is 35.4 Å². The van der Waals surface area contributed by atoms with Gasteiger partial charge in [-0.1, -0.05) is 24.3 Å². The number of hydrogen-bond donors (Lipinski definition) is 6. The fraction of sp³-hybridized carbons (Fsp3) is 0.250. The third-order valence-electron chi connectivity index (χ3n) is 4.34. The summed E-state index contributed by atoms with van der Waals surface area (Å²) in [7, 11) is 0. The molecular formula is C20H20O9. The Morgan fingerprint density at radius 2 is 1.45 bits per heavy atom. The number of carboxylic acids is 1. The zero-order chi connectivity index (χ0) is 21.1. The van der Waals surface area contributed by atoms with Gasteiger partial charge in [0.25, 0.3) is 0 Å². The first-order valence-corrected chi connectivity index (χ1v) is 8.65. The monoisotopic (exact) mass is 404 g/mol. The molecule has 1 saturated heterocycles. The average molecular weight is 404 g/mol. The summed E-state index contributed by atoms with van der Waals surface area (Å²) in [4.78, 5) is 11.1. The molecule has 9 nitrogen and oxygen atoms in total. The number of aliphatic carboxylic acids is 1. The number of aliphatic hydroxyl groups excluding tert-OH is 3. The van der Waals surface area contributed by atoms with Crippen LogP contribution in [0.1, 0.15) is 11.1 Å². The second-order valence-corrected chi connectivity index (χ2v) is 6.54. The van der Waals surface area contributed by atoms with Crippen molar-refractivity contribution >= 4 is 18.1 Å². The van der Waals surface area contributed by atoms with Crippen LogP contribution in [0.4, 0.5) is 0 Å². The molecule has 0 saturated carbocycles. The van der Waals surface area contributed by atoms with Crippen molar-refractivity contribution in [3.63, 3.8) is 0 Å². The lowest BCUT2D eigenvalue weighted by atomic mass is 9.99. The number of ether oxygens (including phenoxy) is 2. The lowest BCUT2D eigenvalue weighted by Crippen LogP contribution is -2.61. The van der Waals surface area contributed by atoms with Crippen LogP contribution in [0.25, 0.3) is 12.2 Å². The van der Waals surface area contributed by atoms with Gasteiger partial charge in [0.2, 0.25) is 6.29 Å². The zero-order valence-corrected chi connectivity index (χ0v) is 15.0.